The molecule has 0 spiro atoms. The first-order valence-corrected chi connectivity index (χ1v) is 5.00. The molecular weight excluding hydrogens is 232 g/mol. The van der Waals surface area contributed by atoms with Crippen molar-refractivity contribution in [3.8, 4) is 0 Å². The van der Waals surface area contributed by atoms with Gasteiger partial charge in [-0.25, -0.2) is 0 Å². The van der Waals surface area contributed by atoms with Crippen LogP contribution in [0.2, 0.25) is 0 Å². The molecule has 0 aliphatic rings. The fourth-order valence-electron chi connectivity index (χ4n) is 0.708. The zero-order valence-electron chi connectivity index (χ0n) is 9.67. The van der Waals surface area contributed by atoms with Crippen molar-refractivity contribution in [2.24, 2.45) is 5.73 Å². The van der Waals surface area contributed by atoms with E-state index in [2.05, 4.69) is 0 Å². The molecule has 0 fully saturated rings. The van der Waals surface area contributed by atoms with Crippen LogP contribution in [0.5, 0.6) is 0 Å². The molecule has 6 N–H and O–H groups in total. The SMILES string of the molecule is N=[N+]=N.NC(O)COCCOCCOCCO. The number of aliphatic hydroxyl groups is 2. The lowest BCUT2D eigenvalue weighted by atomic mass is 10.6. The summed E-state index contributed by atoms with van der Waals surface area (Å²) in [7, 11) is 0. The maximum atomic E-state index is 8.62. The summed E-state index contributed by atoms with van der Waals surface area (Å²) in [5.41, 5.74) is 16.0. The van der Waals surface area contributed by atoms with Crippen molar-refractivity contribution in [3.63, 3.8) is 0 Å². The molecule has 0 heterocycles. The van der Waals surface area contributed by atoms with Gasteiger partial charge in [-0.3, -0.25) is 0 Å². The van der Waals surface area contributed by atoms with Crippen molar-refractivity contribution in [3.05, 3.63) is 0 Å². The van der Waals surface area contributed by atoms with Gasteiger partial charge < -0.3 is 30.2 Å². The number of nitrogens with zero attached hydrogens (tertiary/aromatic N) is 1. The minimum Gasteiger partial charge on any atom is -0.394 e. The number of nitrogens with two attached hydrogens (primary N) is 1. The lowest BCUT2D eigenvalue weighted by Crippen LogP contribution is -2.26. The highest BCUT2D eigenvalue weighted by Gasteiger charge is 1.95. The van der Waals surface area contributed by atoms with Crippen molar-refractivity contribution < 1.29 is 24.4 Å². The molecule has 0 aromatic heterocycles. The maximum Gasteiger partial charge on any atom is 0.211 e. The molecule has 1 atom stereocenters. The summed E-state index contributed by atoms with van der Waals surface area (Å²) in [6.45, 7) is 2.24. The van der Waals surface area contributed by atoms with Gasteiger partial charge >= 0.3 is 0 Å². The predicted octanol–water partition coefficient (Wildman–Crippen LogP) is -1.58. The van der Waals surface area contributed by atoms with E-state index in [0.29, 0.717) is 33.0 Å². The van der Waals surface area contributed by atoms with Gasteiger partial charge in [0.25, 0.3) is 0 Å². The molecular formula is C8H21N4O5+. The van der Waals surface area contributed by atoms with Crippen molar-refractivity contribution in [2.75, 3.05) is 46.2 Å². The monoisotopic (exact) mass is 253 g/mol. The van der Waals surface area contributed by atoms with Crippen LogP contribution in [0.4, 0.5) is 0 Å². The maximum absolute atomic E-state index is 8.62. The van der Waals surface area contributed by atoms with E-state index in [1.54, 1.807) is 0 Å². The van der Waals surface area contributed by atoms with E-state index < -0.39 is 6.23 Å². The highest BCUT2D eigenvalue weighted by Crippen LogP contribution is 1.81. The normalized spacial score (nSPS) is 11.2. The van der Waals surface area contributed by atoms with Gasteiger partial charge in [-0.2, -0.15) is 0 Å². The standard InChI is InChI=1S/C8H19NO5.H2N3/c9-8(11)7-14-6-5-13-4-3-12-2-1-10;1-3-2/h8,10-11H,1-7,9H2;1-2H/q;+1. The number of hydrogen-bond donors (Lipinski definition) is 5. The Labute approximate surface area is 99.5 Å². The Balaban J connectivity index is 0. The van der Waals surface area contributed by atoms with Crippen molar-refractivity contribution in [1.82, 2.24) is 4.91 Å². The molecule has 1 unspecified atom stereocenters. The third kappa shape index (κ3) is 25.4. The molecule has 0 amide bonds. The molecule has 0 aliphatic heterocycles. The van der Waals surface area contributed by atoms with Crippen LogP contribution in [0.25, 0.3) is 0 Å². The predicted molar refractivity (Wildman–Crippen MR) is 57.3 cm³/mol. The molecule has 17 heavy (non-hydrogen) atoms. The highest BCUT2D eigenvalue weighted by atomic mass is 16.5. The highest BCUT2D eigenvalue weighted by molar-refractivity contribution is 4.39. The summed E-state index contributed by atoms with van der Waals surface area (Å²) >= 11 is 0. The van der Waals surface area contributed by atoms with E-state index in [1.165, 1.54) is 0 Å². The second-order valence-electron chi connectivity index (χ2n) is 2.70. The molecule has 0 aliphatic carbocycles. The van der Waals surface area contributed by atoms with Gasteiger partial charge in [-0.15, -0.1) is 0 Å². The largest absolute Gasteiger partial charge is 0.394 e. The number of hydrogen-bond acceptors (Lipinski definition) is 8. The topological polar surface area (TPSA) is 156 Å². The fraction of sp³-hybridized carbons (Fsp3) is 1.00. The molecule has 102 valence electrons. The van der Waals surface area contributed by atoms with Gasteiger partial charge in [0.15, 0.2) is 0 Å². The first-order valence-electron chi connectivity index (χ1n) is 5.00. The van der Waals surface area contributed by atoms with Crippen LogP contribution < -0.4 is 10.6 Å². The lowest BCUT2D eigenvalue weighted by molar-refractivity contribution is -0.0113. The van der Waals surface area contributed by atoms with Gasteiger partial charge in [-0.1, -0.05) is 0 Å². The minimum atomic E-state index is -0.928. The average Bonchev–Trinajstić information content (AvgIpc) is 2.27. The van der Waals surface area contributed by atoms with Crippen LogP contribution in [0, 0.1) is 11.1 Å². The molecule has 0 rings (SSSR count). The van der Waals surface area contributed by atoms with Crippen molar-refractivity contribution >= 4 is 0 Å². The number of ether oxygens (including phenoxy) is 3. The van der Waals surface area contributed by atoms with Crippen LogP contribution in [0.1, 0.15) is 0 Å². The minimum absolute atomic E-state index is 0.0253. The van der Waals surface area contributed by atoms with E-state index in [0.717, 1.165) is 0 Å². The fourth-order valence-corrected chi connectivity index (χ4v) is 0.708. The quantitative estimate of drug-likeness (QED) is 0.137. The molecule has 9 nitrogen and oxygen atoms in total. The van der Waals surface area contributed by atoms with Crippen LogP contribution >= 0.6 is 0 Å². The summed E-state index contributed by atoms with van der Waals surface area (Å²) in [6, 6.07) is 0. The zero-order chi connectivity index (χ0) is 13.4. The van der Waals surface area contributed by atoms with Crippen LogP contribution in [0.3, 0.4) is 0 Å². The summed E-state index contributed by atoms with van der Waals surface area (Å²) in [5, 5.41) is 17.0. The average molecular weight is 253 g/mol. The third-order valence-corrected chi connectivity index (χ3v) is 1.27. The third-order valence-electron chi connectivity index (χ3n) is 1.27. The zero-order valence-corrected chi connectivity index (χ0v) is 9.67. The summed E-state index contributed by atoms with van der Waals surface area (Å²) in [4.78, 5) is 2.00. The van der Waals surface area contributed by atoms with E-state index in [-0.39, 0.29) is 13.2 Å². The molecule has 0 saturated carbocycles. The van der Waals surface area contributed by atoms with Gasteiger partial charge in [0.2, 0.25) is 4.91 Å². The molecule has 9 heteroatoms. The number of rotatable bonds is 10. The second-order valence-corrected chi connectivity index (χ2v) is 2.70. The molecule has 0 saturated heterocycles. The van der Waals surface area contributed by atoms with E-state index in [9.17, 15) is 0 Å². The Morgan fingerprint density at radius 1 is 1.00 bits per heavy atom. The van der Waals surface area contributed by atoms with Crippen LogP contribution in [0.15, 0.2) is 0 Å². The van der Waals surface area contributed by atoms with Crippen LogP contribution in [-0.4, -0.2) is 62.7 Å². The number of nitrogens with one attached hydrogen (secondary N) is 2. The Kier molecular flexibility index (Phi) is 18.9. The first-order chi connectivity index (χ1) is 8.18. The Morgan fingerprint density at radius 2 is 1.41 bits per heavy atom. The van der Waals surface area contributed by atoms with E-state index >= 15 is 0 Å². The summed E-state index contributed by atoms with van der Waals surface area (Å²) < 4.78 is 15.0. The molecule has 0 aromatic rings. The smallest absolute Gasteiger partial charge is 0.211 e. The van der Waals surface area contributed by atoms with Gasteiger partial charge in [0.1, 0.15) is 17.3 Å². The summed E-state index contributed by atoms with van der Waals surface area (Å²) in [6.07, 6.45) is -0.928. The molecule has 0 aromatic carbocycles. The lowest BCUT2D eigenvalue weighted by Gasteiger charge is -2.07. The molecule has 0 bridgehead atoms. The van der Waals surface area contributed by atoms with E-state index in [1.807, 2.05) is 4.91 Å². The van der Waals surface area contributed by atoms with Gasteiger partial charge in [0, 0.05) is 0 Å². The second kappa shape index (κ2) is 17.5. The Hall–Kier alpha value is -0.930. The van der Waals surface area contributed by atoms with Gasteiger partial charge in [-0.05, 0) is 0 Å². The molecule has 0 radical (unpaired) electrons. The van der Waals surface area contributed by atoms with Gasteiger partial charge in [0.05, 0.1) is 46.2 Å². The Morgan fingerprint density at radius 3 is 1.82 bits per heavy atom. The summed E-state index contributed by atoms with van der Waals surface area (Å²) in [5.74, 6) is 0. The number of aliphatic hydroxyl groups excluding tert-OH is 2. The Bertz CT molecular complexity index is 175. The van der Waals surface area contributed by atoms with Crippen molar-refractivity contribution in [2.45, 2.75) is 6.23 Å². The van der Waals surface area contributed by atoms with E-state index in [4.69, 9.17) is 41.2 Å². The first kappa shape index (κ1) is 18.4. The van der Waals surface area contributed by atoms with Crippen LogP contribution in [-0.2, 0) is 14.2 Å². The van der Waals surface area contributed by atoms with Crippen molar-refractivity contribution in [1.29, 1.82) is 11.1 Å².